The molecule has 1 aromatic heterocycles. The van der Waals surface area contributed by atoms with Crippen molar-refractivity contribution in [1.82, 2.24) is 9.78 Å². The lowest BCUT2D eigenvalue weighted by atomic mass is 10.2. The molecule has 1 amide bonds. The Hall–Kier alpha value is -2.84. The summed E-state index contributed by atoms with van der Waals surface area (Å²) in [5.41, 5.74) is -0.601. The molecule has 1 aromatic carbocycles. The molecule has 0 spiro atoms. The van der Waals surface area contributed by atoms with Crippen molar-refractivity contribution in [3.05, 3.63) is 51.7 Å². The van der Waals surface area contributed by atoms with Crippen molar-refractivity contribution in [2.45, 2.75) is 0 Å². The summed E-state index contributed by atoms with van der Waals surface area (Å²) in [7, 11) is 1.30. The molecule has 0 saturated heterocycles. The largest absolute Gasteiger partial charge is 0.358 e. The van der Waals surface area contributed by atoms with E-state index < -0.39 is 28.3 Å². The zero-order valence-electron chi connectivity index (χ0n) is 10.1. The third-order valence-corrected chi connectivity index (χ3v) is 2.50. The molecule has 104 valence electrons. The number of carbonyl (C=O) groups excluding carboxylic acids is 1. The number of aryl methyl sites for hydroxylation is 1. The average Bonchev–Trinajstić information content (AvgIpc) is 2.74. The summed E-state index contributed by atoms with van der Waals surface area (Å²) in [6, 6.07) is 2.56. The van der Waals surface area contributed by atoms with Crippen LogP contribution in [0.25, 0.3) is 0 Å². The van der Waals surface area contributed by atoms with Gasteiger partial charge in [-0.05, 0) is 17.1 Å². The topological polar surface area (TPSA) is 90.1 Å². The number of nitrogens with one attached hydrogen (secondary N) is 1. The average molecular weight is 282 g/mol. The van der Waals surface area contributed by atoms with Crippen LogP contribution in [0, 0.1) is 21.7 Å². The Bertz CT molecular complexity index is 699. The molecule has 20 heavy (non-hydrogen) atoms. The van der Waals surface area contributed by atoms with Crippen molar-refractivity contribution in [1.29, 1.82) is 0 Å². The summed E-state index contributed by atoms with van der Waals surface area (Å²) < 4.78 is 27.0. The van der Waals surface area contributed by atoms with Crippen molar-refractivity contribution < 1.29 is 18.5 Å². The quantitative estimate of drug-likeness (QED) is 0.687. The number of amides is 1. The van der Waals surface area contributed by atoms with Gasteiger partial charge in [0.2, 0.25) is 0 Å². The third kappa shape index (κ3) is 2.46. The van der Waals surface area contributed by atoms with Gasteiger partial charge < -0.3 is 15.4 Å². The van der Waals surface area contributed by atoms with E-state index in [0.717, 1.165) is 23.0 Å². The van der Waals surface area contributed by atoms with Crippen LogP contribution in [0.2, 0.25) is 0 Å². The second kappa shape index (κ2) is 5.03. The molecule has 0 atom stereocenters. The molecule has 0 aliphatic heterocycles. The molecule has 1 heterocycles. The van der Waals surface area contributed by atoms with E-state index in [2.05, 4.69) is 10.4 Å². The molecule has 0 fully saturated rings. The molecular weight excluding hydrogens is 274 g/mol. The number of anilines is 1. The van der Waals surface area contributed by atoms with Gasteiger partial charge in [-0.25, -0.2) is 8.78 Å². The molecule has 2 aromatic rings. The van der Waals surface area contributed by atoms with Gasteiger partial charge in [-0.3, -0.25) is 4.79 Å². The van der Waals surface area contributed by atoms with Crippen LogP contribution in [0.3, 0.4) is 0 Å². The first-order valence-corrected chi connectivity index (χ1v) is 5.33. The predicted molar refractivity (Wildman–Crippen MR) is 64.2 cm³/mol. The smallest absolute Gasteiger partial charge is 0.357 e. The second-order valence-corrected chi connectivity index (χ2v) is 3.84. The van der Waals surface area contributed by atoms with Crippen LogP contribution in [0.1, 0.15) is 10.4 Å². The number of nitro groups is 1. The van der Waals surface area contributed by atoms with Crippen LogP contribution in [0.5, 0.6) is 0 Å². The van der Waals surface area contributed by atoms with Gasteiger partial charge in [0, 0.05) is 6.07 Å². The van der Waals surface area contributed by atoms with Gasteiger partial charge in [0.25, 0.3) is 5.91 Å². The molecule has 0 radical (unpaired) electrons. The van der Waals surface area contributed by atoms with E-state index in [1.807, 2.05) is 0 Å². The lowest BCUT2D eigenvalue weighted by Crippen LogP contribution is -2.14. The molecule has 0 aliphatic carbocycles. The van der Waals surface area contributed by atoms with E-state index in [-0.39, 0.29) is 11.3 Å². The predicted octanol–water partition coefficient (Wildman–Crippen LogP) is 1.86. The lowest BCUT2D eigenvalue weighted by molar-refractivity contribution is -0.392. The Morgan fingerprint density at radius 3 is 2.75 bits per heavy atom. The van der Waals surface area contributed by atoms with Gasteiger partial charge in [0.05, 0.1) is 11.9 Å². The minimum Gasteiger partial charge on any atom is -0.358 e. The van der Waals surface area contributed by atoms with Gasteiger partial charge in [-0.1, -0.05) is 5.10 Å². The first-order valence-electron chi connectivity index (χ1n) is 5.33. The normalized spacial score (nSPS) is 10.3. The maximum absolute atomic E-state index is 13.4. The maximum atomic E-state index is 13.4. The van der Waals surface area contributed by atoms with Gasteiger partial charge >= 0.3 is 5.82 Å². The van der Waals surface area contributed by atoms with Gasteiger partial charge in [0.15, 0.2) is 5.56 Å². The highest BCUT2D eigenvalue weighted by molar-refractivity contribution is 6.06. The molecule has 9 heteroatoms. The summed E-state index contributed by atoms with van der Waals surface area (Å²) in [4.78, 5) is 21.9. The van der Waals surface area contributed by atoms with E-state index >= 15 is 0 Å². The van der Waals surface area contributed by atoms with Crippen LogP contribution in [0.4, 0.5) is 20.3 Å². The van der Waals surface area contributed by atoms with Gasteiger partial charge in [-0.15, -0.1) is 4.68 Å². The highest BCUT2D eigenvalue weighted by Crippen LogP contribution is 2.20. The van der Waals surface area contributed by atoms with Crippen molar-refractivity contribution in [2.24, 2.45) is 7.05 Å². The standard InChI is InChI=1S/C11H8F2N4O3/c1-16-11(17(19)20)7(5-14-16)10(18)15-9-3-2-6(12)4-8(9)13/h2-5H,1H3,(H,15,18). The minimum atomic E-state index is -0.982. The number of hydrogen-bond acceptors (Lipinski definition) is 4. The molecular formula is C11H8F2N4O3. The molecule has 2 rings (SSSR count). The zero-order chi connectivity index (χ0) is 14.9. The van der Waals surface area contributed by atoms with Crippen LogP contribution >= 0.6 is 0 Å². The highest BCUT2D eigenvalue weighted by Gasteiger charge is 2.25. The molecule has 1 N–H and O–H groups in total. The van der Waals surface area contributed by atoms with Crippen LogP contribution in [-0.4, -0.2) is 20.6 Å². The fraction of sp³-hybridized carbons (Fsp3) is 0.0909. The maximum Gasteiger partial charge on any atom is 0.357 e. The Kier molecular flexibility index (Phi) is 3.42. The molecule has 0 bridgehead atoms. The summed E-state index contributed by atoms with van der Waals surface area (Å²) >= 11 is 0. The SMILES string of the molecule is Cn1ncc(C(=O)Nc2ccc(F)cc2F)c1[N+](=O)[O-]. The monoisotopic (exact) mass is 282 g/mol. The van der Waals surface area contributed by atoms with Crippen molar-refractivity contribution in [3.8, 4) is 0 Å². The highest BCUT2D eigenvalue weighted by atomic mass is 19.1. The van der Waals surface area contributed by atoms with Crippen molar-refractivity contribution in [2.75, 3.05) is 5.32 Å². The number of halogens is 2. The minimum absolute atomic E-state index is 0.283. The third-order valence-electron chi connectivity index (χ3n) is 2.50. The van der Waals surface area contributed by atoms with E-state index in [9.17, 15) is 23.7 Å². The molecule has 0 unspecified atom stereocenters. The van der Waals surface area contributed by atoms with Crippen LogP contribution < -0.4 is 5.32 Å². The van der Waals surface area contributed by atoms with Crippen molar-refractivity contribution >= 4 is 17.4 Å². The Morgan fingerprint density at radius 1 is 1.45 bits per heavy atom. The van der Waals surface area contributed by atoms with Gasteiger partial charge in [-0.2, -0.15) is 0 Å². The van der Waals surface area contributed by atoms with E-state index in [1.165, 1.54) is 7.05 Å². The Labute approximate surface area is 111 Å². The fourth-order valence-corrected chi connectivity index (χ4v) is 1.59. The van der Waals surface area contributed by atoms with Gasteiger partial charge in [0.1, 0.15) is 18.7 Å². The lowest BCUT2D eigenvalue weighted by Gasteiger charge is -2.05. The summed E-state index contributed by atoms with van der Waals surface area (Å²) in [5.74, 6) is -3.21. The Balaban J connectivity index is 2.31. The Morgan fingerprint density at radius 2 is 2.15 bits per heavy atom. The van der Waals surface area contributed by atoms with E-state index in [1.54, 1.807) is 0 Å². The number of carbonyl (C=O) groups is 1. The summed E-state index contributed by atoms with van der Waals surface area (Å²) in [6.07, 6.45) is 0.995. The molecule has 0 saturated carbocycles. The molecule has 0 aliphatic rings. The number of benzene rings is 1. The fourth-order valence-electron chi connectivity index (χ4n) is 1.59. The number of rotatable bonds is 3. The number of nitrogens with zero attached hydrogens (tertiary/aromatic N) is 3. The van der Waals surface area contributed by atoms with Crippen molar-refractivity contribution in [3.63, 3.8) is 0 Å². The van der Waals surface area contributed by atoms with E-state index in [0.29, 0.717) is 6.07 Å². The number of hydrogen-bond donors (Lipinski definition) is 1. The molecule has 7 nitrogen and oxygen atoms in total. The zero-order valence-corrected chi connectivity index (χ0v) is 10.1. The first kappa shape index (κ1) is 13.6. The summed E-state index contributed by atoms with van der Waals surface area (Å²) in [6.45, 7) is 0. The van der Waals surface area contributed by atoms with Crippen LogP contribution in [-0.2, 0) is 7.05 Å². The second-order valence-electron chi connectivity index (χ2n) is 3.84. The summed E-state index contributed by atoms with van der Waals surface area (Å²) in [5, 5.41) is 16.5. The van der Waals surface area contributed by atoms with Crippen LogP contribution in [0.15, 0.2) is 24.4 Å². The number of aromatic nitrogens is 2. The van der Waals surface area contributed by atoms with E-state index in [4.69, 9.17) is 0 Å². The first-order chi connectivity index (χ1) is 9.40.